The maximum atomic E-state index is 11.6. The molecule has 0 bridgehead atoms. The van der Waals surface area contributed by atoms with Gasteiger partial charge in [-0.15, -0.1) is 11.6 Å². The van der Waals surface area contributed by atoms with Crippen molar-refractivity contribution in [1.82, 2.24) is 4.90 Å². The third-order valence-electron chi connectivity index (χ3n) is 3.04. The van der Waals surface area contributed by atoms with Crippen LogP contribution in [0.2, 0.25) is 0 Å². The molecular weight excluding hydrogens is 222 g/mol. The summed E-state index contributed by atoms with van der Waals surface area (Å²) in [5.74, 6) is 0.0437. The van der Waals surface area contributed by atoms with Crippen molar-refractivity contribution in [3.63, 3.8) is 0 Å². The number of benzene rings is 1. The van der Waals surface area contributed by atoms with Gasteiger partial charge < -0.3 is 4.90 Å². The Balaban J connectivity index is 2.26. The van der Waals surface area contributed by atoms with Crippen LogP contribution in [0.4, 0.5) is 0 Å². The van der Waals surface area contributed by atoms with Crippen LogP contribution in [0.1, 0.15) is 31.0 Å². The fraction of sp³-hybridized carbons (Fsp3) is 0.462. The van der Waals surface area contributed by atoms with E-state index in [0.29, 0.717) is 0 Å². The maximum Gasteiger partial charge on any atom is 0.243 e. The van der Waals surface area contributed by atoms with Crippen LogP contribution in [-0.2, 0) is 4.79 Å². The Labute approximate surface area is 101 Å². The number of nitrogens with zero attached hydrogens (tertiary/aromatic N) is 1. The van der Waals surface area contributed by atoms with Gasteiger partial charge in [-0.05, 0) is 26.3 Å². The number of β-lactam (4-membered cyclic amide) rings is 1. The summed E-state index contributed by atoms with van der Waals surface area (Å²) in [6, 6.07) is 8.46. The summed E-state index contributed by atoms with van der Waals surface area (Å²) >= 11 is 6.09. The minimum absolute atomic E-state index is 0.0368. The average Bonchev–Trinajstić information content (AvgIpc) is 2.25. The second kappa shape index (κ2) is 4.10. The van der Waals surface area contributed by atoms with Gasteiger partial charge >= 0.3 is 0 Å². The van der Waals surface area contributed by atoms with E-state index in [9.17, 15) is 4.79 Å². The van der Waals surface area contributed by atoms with E-state index < -0.39 is 5.38 Å². The molecule has 1 saturated heterocycles. The molecule has 1 aliphatic rings. The number of rotatable bonds is 2. The number of alkyl halides is 1. The summed E-state index contributed by atoms with van der Waals surface area (Å²) < 4.78 is 0. The molecule has 1 heterocycles. The van der Waals surface area contributed by atoms with Crippen LogP contribution in [0.25, 0.3) is 0 Å². The molecule has 2 rings (SSSR count). The molecule has 0 saturated carbocycles. The Hall–Kier alpha value is -1.02. The molecule has 0 radical (unpaired) electrons. The van der Waals surface area contributed by atoms with Crippen molar-refractivity contribution in [3.05, 3.63) is 35.4 Å². The van der Waals surface area contributed by atoms with Crippen LogP contribution in [-0.4, -0.2) is 22.2 Å². The van der Waals surface area contributed by atoms with Crippen LogP contribution >= 0.6 is 11.6 Å². The molecule has 0 unspecified atom stereocenters. The first-order valence-electron chi connectivity index (χ1n) is 5.55. The van der Waals surface area contributed by atoms with Gasteiger partial charge in [-0.2, -0.15) is 0 Å². The van der Waals surface area contributed by atoms with Gasteiger partial charge in [-0.1, -0.05) is 29.8 Å². The molecular formula is C13H16ClNO. The van der Waals surface area contributed by atoms with Crippen molar-refractivity contribution in [3.8, 4) is 0 Å². The SMILES string of the molecule is Cc1ccc([C@@H]2[C@H](Cl)C(=O)N2C(C)C)cc1. The Morgan fingerprint density at radius 3 is 2.31 bits per heavy atom. The predicted molar refractivity (Wildman–Crippen MR) is 65.5 cm³/mol. The predicted octanol–water partition coefficient (Wildman–Crippen LogP) is 2.89. The van der Waals surface area contributed by atoms with Crippen molar-refractivity contribution in [1.29, 1.82) is 0 Å². The zero-order chi connectivity index (χ0) is 11.9. The highest BCUT2D eigenvalue weighted by atomic mass is 35.5. The number of carbonyl (C=O) groups excluding carboxylic acids is 1. The number of hydrogen-bond acceptors (Lipinski definition) is 1. The Bertz CT molecular complexity index is 399. The van der Waals surface area contributed by atoms with Crippen molar-refractivity contribution in [2.75, 3.05) is 0 Å². The first-order valence-corrected chi connectivity index (χ1v) is 5.99. The molecule has 0 spiro atoms. The summed E-state index contributed by atoms with van der Waals surface area (Å²) in [7, 11) is 0. The van der Waals surface area contributed by atoms with Crippen molar-refractivity contribution < 1.29 is 4.79 Å². The van der Waals surface area contributed by atoms with E-state index in [-0.39, 0.29) is 18.0 Å². The summed E-state index contributed by atoms with van der Waals surface area (Å²) in [4.78, 5) is 13.5. The molecule has 2 nitrogen and oxygen atoms in total. The van der Waals surface area contributed by atoms with Gasteiger partial charge in [-0.25, -0.2) is 0 Å². The number of carbonyl (C=O) groups is 1. The molecule has 16 heavy (non-hydrogen) atoms. The van der Waals surface area contributed by atoms with Gasteiger partial charge in [0.05, 0.1) is 6.04 Å². The lowest BCUT2D eigenvalue weighted by atomic mass is 9.91. The number of hydrogen-bond donors (Lipinski definition) is 0. The Morgan fingerprint density at radius 2 is 1.81 bits per heavy atom. The summed E-state index contributed by atoms with van der Waals surface area (Å²) in [5, 5.41) is -0.398. The van der Waals surface area contributed by atoms with Crippen molar-refractivity contribution in [2.24, 2.45) is 0 Å². The average molecular weight is 238 g/mol. The van der Waals surface area contributed by atoms with Crippen LogP contribution in [0.3, 0.4) is 0 Å². The van der Waals surface area contributed by atoms with Gasteiger partial charge in [-0.3, -0.25) is 4.79 Å². The van der Waals surface area contributed by atoms with Gasteiger partial charge in [0, 0.05) is 6.04 Å². The van der Waals surface area contributed by atoms with Crippen molar-refractivity contribution >= 4 is 17.5 Å². The summed E-state index contributed by atoms with van der Waals surface area (Å²) in [6.07, 6.45) is 0. The van der Waals surface area contributed by atoms with E-state index in [1.54, 1.807) is 0 Å². The van der Waals surface area contributed by atoms with Gasteiger partial charge in [0.25, 0.3) is 0 Å². The molecule has 86 valence electrons. The zero-order valence-electron chi connectivity index (χ0n) is 9.77. The van der Waals surface area contributed by atoms with Crippen molar-refractivity contribution in [2.45, 2.75) is 38.2 Å². The highest BCUT2D eigenvalue weighted by Crippen LogP contribution is 2.39. The third-order valence-corrected chi connectivity index (χ3v) is 3.47. The fourth-order valence-electron chi connectivity index (χ4n) is 2.14. The molecule has 1 fully saturated rings. The Morgan fingerprint density at radius 1 is 1.25 bits per heavy atom. The molecule has 1 aromatic carbocycles. The van der Waals surface area contributed by atoms with Gasteiger partial charge in [0.1, 0.15) is 5.38 Å². The smallest absolute Gasteiger partial charge is 0.243 e. The van der Waals surface area contributed by atoms with Gasteiger partial charge in [0.2, 0.25) is 5.91 Å². The molecule has 0 aliphatic carbocycles. The fourth-order valence-corrected chi connectivity index (χ4v) is 2.52. The first-order chi connectivity index (χ1) is 7.52. The van der Waals surface area contributed by atoms with E-state index in [1.165, 1.54) is 5.56 Å². The lowest BCUT2D eigenvalue weighted by Crippen LogP contribution is -2.58. The number of amides is 1. The molecule has 1 aromatic rings. The van der Waals surface area contributed by atoms with E-state index in [2.05, 4.69) is 24.3 Å². The quantitative estimate of drug-likeness (QED) is 0.572. The minimum Gasteiger partial charge on any atom is -0.330 e. The third kappa shape index (κ3) is 1.71. The van der Waals surface area contributed by atoms with E-state index >= 15 is 0 Å². The molecule has 1 amide bonds. The Kier molecular flexibility index (Phi) is 2.94. The maximum absolute atomic E-state index is 11.6. The number of halogens is 1. The molecule has 0 N–H and O–H groups in total. The van der Waals surface area contributed by atoms with E-state index in [4.69, 9.17) is 11.6 Å². The summed E-state index contributed by atoms with van der Waals surface area (Å²) in [6.45, 7) is 6.08. The molecule has 0 aromatic heterocycles. The lowest BCUT2D eigenvalue weighted by molar-refractivity contribution is -0.148. The molecule has 2 atom stereocenters. The lowest BCUT2D eigenvalue weighted by Gasteiger charge is -2.47. The number of likely N-dealkylation sites (tertiary alicyclic amines) is 1. The van der Waals surface area contributed by atoms with E-state index in [1.807, 2.05) is 25.7 Å². The normalized spacial score (nSPS) is 24.8. The standard InChI is InChI=1S/C13H16ClNO/c1-8(2)15-12(11(14)13(15)16)10-6-4-9(3)5-7-10/h4-8,11-12H,1-3H3/t11-,12+/m0/s1. The zero-order valence-corrected chi connectivity index (χ0v) is 10.5. The van der Waals surface area contributed by atoms with Crippen LogP contribution in [0, 0.1) is 6.92 Å². The highest BCUT2D eigenvalue weighted by Gasteiger charge is 2.47. The minimum atomic E-state index is -0.398. The highest BCUT2D eigenvalue weighted by molar-refractivity contribution is 6.33. The van der Waals surface area contributed by atoms with Crippen LogP contribution < -0.4 is 0 Å². The largest absolute Gasteiger partial charge is 0.330 e. The van der Waals surface area contributed by atoms with Crippen LogP contribution in [0.15, 0.2) is 24.3 Å². The first kappa shape index (κ1) is 11.5. The topological polar surface area (TPSA) is 20.3 Å². The van der Waals surface area contributed by atoms with E-state index in [0.717, 1.165) is 5.56 Å². The molecule has 3 heteroatoms. The second-order valence-corrected chi connectivity index (χ2v) is 5.07. The van der Waals surface area contributed by atoms with Gasteiger partial charge in [0.15, 0.2) is 0 Å². The molecule has 1 aliphatic heterocycles. The second-order valence-electron chi connectivity index (χ2n) is 4.60. The summed E-state index contributed by atoms with van der Waals surface area (Å²) in [5.41, 5.74) is 2.34. The number of aryl methyl sites for hydroxylation is 1. The monoisotopic (exact) mass is 237 g/mol. The van der Waals surface area contributed by atoms with Crippen LogP contribution in [0.5, 0.6) is 0 Å².